The lowest BCUT2D eigenvalue weighted by Gasteiger charge is -2.10. The van der Waals surface area contributed by atoms with E-state index in [9.17, 15) is 0 Å². The van der Waals surface area contributed by atoms with Gasteiger partial charge in [0, 0.05) is 23.9 Å². The monoisotopic (exact) mass is 326 g/mol. The molecule has 0 unspecified atom stereocenters. The van der Waals surface area contributed by atoms with E-state index < -0.39 is 0 Å². The van der Waals surface area contributed by atoms with Crippen LogP contribution in [0.3, 0.4) is 0 Å². The molecular formula is C18H18N2O4. The Kier molecular flexibility index (Phi) is 4.77. The predicted octanol–water partition coefficient (Wildman–Crippen LogP) is 2.69. The Labute approximate surface area is 139 Å². The maximum Gasteiger partial charge on any atom is 0.159 e. The zero-order valence-corrected chi connectivity index (χ0v) is 13.5. The summed E-state index contributed by atoms with van der Waals surface area (Å²) in [4.78, 5) is 9.03. The summed E-state index contributed by atoms with van der Waals surface area (Å²) in [6.07, 6.45) is 1.73. The van der Waals surface area contributed by atoms with Crippen LogP contribution in [0, 0.1) is 0 Å². The molecule has 1 aromatic heterocycles. The molecule has 0 bridgehead atoms. The lowest BCUT2D eigenvalue weighted by molar-refractivity contribution is 0.201. The van der Waals surface area contributed by atoms with Gasteiger partial charge in [-0.1, -0.05) is 12.1 Å². The molecule has 0 saturated heterocycles. The van der Waals surface area contributed by atoms with Crippen molar-refractivity contribution in [3.05, 3.63) is 42.6 Å². The molecule has 0 saturated carbocycles. The Bertz CT molecular complexity index is 852. The number of hydrogen-bond donors (Lipinski definition) is 1. The van der Waals surface area contributed by atoms with Crippen LogP contribution in [0.5, 0.6) is 17.2 Å². The van der Waals surface area contributed by atoms with E-state index in [1.807, 2.05) is 30.3 Å². The first-order valence-electron chi connectivity index (χ1n) is 7.48. The van der Waals surface area contributed by atoms with E-state index in [0.29, 0.717) is 23.1 Å². The maximum atomic E-state index is 8.86. The van der Waals surface area contributed by atoms with Crippen LogP contribution >= 0.6 is 0 Å². The molecule has 1 N–H and O–H groups in total. The molecule has 0 radical (unpaired) electrons. The van der Waals surface area contributed by atoms with Crippen molar-refractivity contribution in [2.75, 3.05) is 27.4 Å². The second-order valence-corrected chi connectivity index (χ2v) is 5.06. The fourth-order valence-electron chi connectivity index (χ4n) is 2.39. The number of fused-ring (bicyclic) bond motifs is 1. The summed E-state index contributed by atoms with van der Waals surface area (Å²) in [5.74, 6) is 2.57. The fourth-order valence-corrected chi connectivity index (χ4v) is 2.39. The second-order valence-electron chi connectivity index (χ2n) is 5.06. The lowest BCUT2D eigenvalue weighted by atomic mass is 10.1. The quantitative estimate of drug-likeness (QED) is 0.751. The Balaban J connectivity index is 2.04. The van der Waals surface area contributed by atoms with Gasteiger partial charge in [0.1, 0.15) is 23.9 Å². The van der Waals surface area contributed by atoms with E-state index in [1.54, 1.807) is 26.5 Å². The molecule has 6 heteroatoms. The number of benzene rings is 2. The number of ether oxygens (including phenoxy) is 3. The first kappa shape index (κ1) is 16.0. The summed E-state index contributed by atoms with van der Waals surface area (Å²) in [5, 5.41) is 9.67. The van der Waals surface area contributed by atoms with E-state index in [2.05, 4.69) is 9.97 Å². The van der Waals surface area contributed by atoms with Gasteiger partial charge in [-0.15, -0.1) is 0 Å². The highest BCUT2D eigenvalue weighted by atomic mass is 16.5. The lowest BCUT2D eigenvalue weighted by Crippen LogP contribution is -2.01. The first-order chi connectivity index (χ1) is 11.7. The Morgan fingerprint density at radius 2 is 1.92 bits per heavy atom. The van der Waals surface area contributed by atoms with Gasteiger partial charge in [-0.25, -0.2) is 9.97 Å². The number of methoxy groups -OCH3 is 2. The molecule has 0 aliphatic rings. The standard InChI is InChI=1S/C18H18N2O4/c1-22-14-9-16-15(17(10-14)23-2)11-19-18(20-16)12-4-3-5-13(8-12)24-7-6-21/h3-5,8-11,21H,6-7H2,1-2H3. The van der Waals surface area contributed by atoms with Crippen LogP contribution < -0.4 is 14.2 Å². The molecule has 6 nitrogen and oxygen atoms in total. The molecule has 0 amide bonds. The zero-order valence-electron chi connectivity index (χ0n) is 13.5. The van der Waals surface area contributed by atoms with Crippen LogP contribution in [0.4, 0.5) is 0 Å². The van der Waals surface area contributed by atoms with Gasteiger partial charge in [-0.2, -0.15) is 0 Å². The summed E-state index contributed by atoms with van der Waals surface area (Å²) >= 11 is 0. The molecule has 0 spiro atoms. The van der Waals surface area contributed by atoms with Crippen molar-refractivity contribution in [3.8, 4) is 28.6 Å². The largest absolute Gasteiger partial charge is 0.497 e. The van der Waals surface area contributed by atoms with Crippen LogP contribution in [0.2, 0.25) is 0 Å². The van der Waals surface area contributed by atoms with Crippen LogP contribution in [-0.4, -0.2) is 42.5 Å². The minimum atomic E-state index is -0.0315. The minimum Gasteiger partial charge on any atom is -0.497 e. The molecule has 1 heterocycles. The van der Waals surface area contributed by atoms with Gasteiger partial charge in [0.15, 0.2) is 5.82 Å². The Morgan fingerprint density at radius 3 is 2.67 bits per heavy atom. The molecule has 0 atom stereocenters. The van der Waals surface area contributed by atoms with E-state index >= 15 is 0 Å². The molecule has 0 aliphatic heterocycles. The minimum absolute atomic E-state index is 0.0315. The average molecular weight is 326 g/mol. The second kappa shape index (κ2) is 7.14. The smallest absolute Gasteiger partial charge is 0.159 e. The van der Waals surface area contributed by atoms with Gasteiger partial charge < -0.3 is 19.3 Å². The van der Waals surface area contributed by atoms with Crippen molar-refractivity contribution in [1.82, 2.24) is 9.97 Å². The number of aliphatic hydroxyl groups is 1. The number of rotatable bonds is 6. The number of hydrogen-bond acceptors (Lipinski definition) is 6. The van der Waals surface area contributed by atoms with Crippen molar-refractivity contribution in [1.29, 1.82) is 0 Å². The van der Waals surface area contributed by atoms with E-state index in [1.165, 1.54) is 0 Å². The molecule has 24 heavy (non-hydrogen) atoms. The van der Waals surface area contributed by atoms with Gasteiger partial charge in [0.05, 0.1) is 31.7 Å². The zero-order chi connectivity index (χ0) is 16.9. The van der Waals surface area contributed by atoms with Gasteiger partial charge in [0.25, 0.3) is 0 Å². The predicted molar refractivity (Wildman–Crippen MR) is 90.7 cm³/mol. The van der Waals surface area contributed by atoms with E-state index in [0.717, 1.165) is 16.5 Å². The van der Waals surface area contributed by atoms with Crippen LogP contribution in [-0.2, 0) is 0 Å². The normalized spacial score (nSPS) is 10.6. The van der Waals surface area contributed by atoms with Crippen LogP contribution in [0.15, 0.2) is 42.6 Å². The first-order valence-corrected chi connectivity index (χ1v) is 7.48. The molecule has 0 fully saturated rings. The molecule has 3 aromatic rings. The SMILES string of the molecule is COc1cc(OC)c2cnc(-c3cccc(OCCO)c3)nc2c1. The molecular weight excluding hydrogens is 308 g/mol. The molecule has 2 aromatic carbocycles. The highest BCUT2D eigenvalue weighted by Gasteiger charge is 2.10. The molecule has 124 valence electrons. The summed E-state index contributed by atoms with van der Waals surface area (Å²) in [6.45, 7) is 0.215. The van der Waals surface area contributed by atoms with Crippen molar-refractivity contribution < 1.29 is 19.3 Å². The number of aromatic nitrogens is 2. The van der Waals surface area contributed by atoms with Gasteiger partial charge in [0.2, 0.25) is 0 Å². The maximum absolute atomic E-state index is 8.86. The third-order valence-electron chi connectivity index (χ3n) is 3.54. The van der Waals surface area contributed by atoms with E-state index in [4.69, 9.17) is 19.3 Å². The Hall–Kier alpha value is -2.86. The van der Waals surface area contributed by atoms with Crippen molar-refractivity contribution in [2.45, 2.75) is 0 Å². The fraction of sp³-hybridized carbons (Fsp3) is 0.222. The summed E-state index contributed by atoms with van der Waals surface area (Å²) in [7, 11) is 3.20. The highest BCUT2D eigenvalue weighted by Crippen LogP contribution is 2.31. The molecule has 0 aliphatic carbocycles. The summed E-state index contributed by atoms with van der Waals surface area (Å²) < 4.78 is 16.1. The third kappa shape index (κ3) is 3.23. The van der Waals surface area contributed by atoms with E-state index in [-0.39, 0.29) is 13.2 Å². The number of aliphatic hydroxyl groups excluding tert-OH is 1. The highest BCUT2D eigenvalue weighted by molar-refractivity contribution is 5.87. The summed E-state index contributed by atoms with van der Waals surface area (Å²) in [5.41, 5.74) is 1.56. The van der Waals surface area contributed by atoms with Gasteiger partial charge >= 0.3 is 0 Å². The average Bonchev–Trinajstić information content (AvgIpc) is 2.65. The molecule has 3 rings (SSSR count). The van der Waals surface area contributed by atoms with Crippen molar-refractivity contribution in [2.24, 2.45) is 0 Å². The van der Waals surface area contributed by atoms with Crippen LogP contribution in [0.25, 0.3) is 22.3 Å². The van der Waals surface area contributed by atoms with Gasteiger partial charge in [-0.3, -0.25) is 0 Å². The Morgan fingerprint density at radius 1 is 1.04 bits per heavy atom. The van der Waals surface area contributed by atoms with Crippen molar-refractivity contribution >= 4 is 10.9 Å². The van der Waals surface area contributed by atoms with Crippen molar-refractivity contribution in [3.63, 3.8) is 0 Å². The third-order valence-corrected chi connectivity index (χ3v) is 3.54. The number of nitrogens with zero attached hydrogens (tertiary/aromatic N) is 2. The summed E-state index contributed by atoms with van der Waals surface area (Å²) in [6, 6.07) is 11.1. The topological polar surface area (TPSA) is 73.7 Å². The van der Waals surface area contributed by atoms with Crippen LogP contribution in [0.1, 0.15) is 0 Å². The van der Waals surface area contributed by atoms with Gasteiger partial charge in [-0.05, 0) is 12.1 Å².